The van der Waals surface area contributed by atoms with Crippen molar-refractivity contribution in [2.75, 3.05) is 25.0 Å². The Hall–Kier alpha value is -1.56. The molecule has 1 aliphatic heterocycles. The minimum atomic E-state index is -0.191. The number of carbonyl (C=O) groups is 1. The van der Waals surface area contributed by atoms with Crippen LogP contribution in [0.15, 0.2) is 41.1 Å². The summed E-state index contributed by atoms with van der Waals surface area (Å²) in [5, 5.41) is 10.7. The van der Waals surface area contributed by atoms with Gasteiger partial charge >= 0.3 is 6.03 Å². The van der Waals surface area contributed by atoms with Gasteiger partial charge in [0.1, 0.15) is 0 Å². The van der Waals surface area contributed by atoms with E-state index in [0.717, 1.165) is 32.5 Å². The lowest BCUT2D eigenvalue weighted by atomic mass is 9.96. The molecule has 3 rings (SSSR count). The molecule has 2 N–H and O–H groups in total. The van der Waals surface area contributed by atoms with Crippen LogP contribution in [0, 0.1) is 5.92 Å². The van der Waals surface area contributed by atoms with Crippen molar-refractivity contribution in [1.82, 2.24) is 10.2 Å². The standard InChI is InChI=1S/C18H22ClN3OS/c19-16-3-1-2-4-17(16)21-18(23)20-11-14-5-8-22(9-6-14)12-15-7-10-24-13-15/h1-4,7,10,13-14H,5-6,8-9,11-12H2,(H2,20,21,23). The van der Waals surface area contributed by atoms with Crippen molar-refractivity contribution in [1.29, 1.82) is 0 Å². The average Bonchev–Trinajstić information content (AvgIpc) is 3.09. The van der Waals surface area contributed by atoms with E-state index in [4.69, 9.17) is 11.6 Å². The van der Waals surface area contributed by atoms with Gasteiger partial charge in [-0.3, -0.25) is 4.90 Å². The number of hydrogen-bond acceptors (Lipinski definition) is 3. The van der Waals surface area contributed by atoms with Crippen molar-refractivity contribution < 1.29 is 4.79 Å². The molecule has 0 radical (unpaired) electrons. The minimum Gasteiger partial charge on any atom is -0.338 e. The molecule has 0 saturated carbocycles. The van der Waals surface area contributed by atoms with Gasteiger partial charge in [0, 0.05) is 13.1 Å². The number of thiophene rings is 1. The van der Waals surface area contributed by atoms with E-state index in [2.05, 4.69) is 32.4 Å². The highest BCUT2D eigenvalue weighted by Crippen LogP contribution is 2.21. The van der Waals surface area contributed by atoms with Gasteiger partial charge in [0.15, 0.2) is 0 Å². The number of rotatable bonds is 5. The first kappa shape index (κ1) is 17.3. The molecule has 4 nitrogen and oxygen atoms in total. The summed E-state index contributed by atoms with van der Waals surface area (Å²) in [5.74, 6) is 0.542. The first-order chi connectivity index (χ1) is 11.7. The highest BCUT2D eigenvalue weighted by Gasteiger charge is 2.20. The zero-order valence-corrected chi connectivity index (χ0v) is 15.1. The van der Waals surface area contributed by atoms with Crippen LogP contribution in [0.4, 0.5) is 10.5 Å². The zero-order chi connectivity index (χ0) is 16.8. The van der Waals surface area contributed by atoms with Gasteiger partial charge in [-0.2, -0.15) is 11.3 Å². The van der Waals surface area contributed by atoms with Crippen LogP contribution in [0.2, 0.25) is 5.02 Å². The van der Waals surface area contributed by atoms with Crippen molar-refractivity contribution in [3.05, 3.63) is 51.7 Å². The molecule has 2 aromatic rings. The summed E-state index contributed by atoms with van der Waals surface area (Å²) in [6, 6.07) is 9.26. The normalized spacial score (nSPS) is 16.0. The smallest absolute Gasteiger partial charge is 0.319 e. The van der Waals surface area contributed by atoms with Crippen LogP contribution < -0.4 is 10.6 Å². The number of anilines is 1. The van der Waals surface area contributed by atoms with E-state index in [-0.39, 0.29) is 6.03 Å². The van der Waals surface area contributed by atoms with Gasteiger partial charge in [0.2, 0.25) is 0 Å². The molecular formula is C18H22ClN3OS. The number of para-hydroxylation sites is 1. The van der Waals surface area contributed by atoms with Crippen molar-refractivity contribution in [3.8, 4) is 0 Å². The average molecular weight is 364 g/mol. The van der Waals surface area contributed by atoms with Gasteiger partial charge in [-0.15, -0.1) is 0 Å². The largest absolute Gasteiger partial charge is 0.338 e. The molecule has 0 atom stereocenters. The predicted octanol–water partition coefficient (Wildman–Crippen LogP) is 4.44. The van der Waals surface area contributed by atoms with Crippen LogP contribution >= 0.6 is 22.9 Å². The first-order valence-corrected chi connectivity index (χ1v) is 9.55. The fourth-order valence-electron chi connectivity index (χ4n) is 2.96. The van der Waals surface area contributed by atoms with E-state index >= 15 is 0 Å². The zero-order valence-electron chi connectivity index (χ0n) is 13.5. The molecule has 1 fully saturated rings. The highest BCUT2D eigenvalue weighted by atomic mass is 35.5. The Bertz CT molecular complexity index is 654. The maximum atomic E-state index is 12.0. The van der Waals surface area contributed by atoms with Gasteiger partial charge < -0.3 is 10.6 Å². The summed E-state index contributed by atoms with van der Waals surface area (Å²) in [4.78, 5) is 14.5. The summed E-state index contributed by atoms with van der Waals surface area (Å²) in [6.45, 7) is 3.93. The fourth-order valence-corrected chi connectivity index (χ4v) is 3.80. The SMILES string of the molecule is O=C(NCC1CCN(Cc2ccsc2)CC1)Nc1ccccc1Cl. The number of piperidine rings is 1. The second kappa shape index (κ2) is 8.51. The third-order valence-electron chi connectivity index (χ3n) is 4.37. The Balaban J connectivity index is 1.37. The van der Waals surface area contributed by atoms with Gasteiger partial charge in [-0.05, 0) is 66.4 Å². The summed E-state index contributed by atoms with van der Waals surface area (Å²) in [7, 11) is 0. The summed E-state index contributed by atoms with van der Waals surface area (Å²) < 4.78 is 0. The van der Waals surface area contributed by atoms with Crippen LogP contribution in [0.1, 0.15) is 18.4 Å². The maximum Gasteiger partial charge on any atom is 0.319 e. The molecule has 0 bridgehead atoms. The number of halogens is 1. The monoisotopic (exact) mass is 363 g/mol. The highest BCUT2D eigenvalue weighted by molar-refractivity contribution is 7.07. The van der Waals surface area contributed by atoms with Crippen molar-refractivity contribution in [3.63, 3.8) is 0 Å². The Morgan fingerprint density at radius 2 is 2.04 bits per heavy atom. The van der Waals surface area contributed by atoms with E-state index in [0.29, 0.717) is 23.2 Å². The Morgan fingerprint density at radius 3 is 2.75 bits per heavy atom. The van der Waals surface area contributed by atoms with Gasteiger partial charge in [0.25, 0.3) is 0 Å². The van der Waals surface area contributed by atoms with E-state index < -0.39 is 0 Å². The molecule has 6 heteroatoms. The number of benzene rings is 1. The molecule has 128 valence electrons. The number of carbonyl (C=O) groups excluding carboxylic acids is 1. The molecule has 1 saturated heterocycles. The van der Waals surface area contributed by atoms with Crippen LogP contribution in [-0.2, 0) is 6.54 Å². The third kappa shape index (κ3) is 4.97. The Labute approximate surface area is 151 Å². The summed E-state index contributed by atoms with van der Waals surface area (Å²) in [5.41, 5.74) is 2.04. The topological polar surface area (TPSA) is 44.4 Å². The molecule has 2 amide bonds. The van der Waals surface area contributed by atoms with Crippen LogP contribution in [-0.4, -0.2) is 30.6 Å². The molecule has 0 spiro atoms. The fraction of sp³-hybridized carbons (Fsp3) is 0.389. The molecule has 0 aliphatic carbocycles. The molecule has 1 aromatic carbocycles. The lowest BCUT2D eigenvalue weighted by Crippen LogP contribution is -2.39. The van der Waals surface area contributed by atoms with Crippen LogP contribution in [0.5, 0.6) is 0 Å². The number of nitrogens with zero attached hydrogens (tertiary/aromatic N) is 1. The van der Waals surface area contributed by atoms with Gasteiger partial charge in [0.05, 0.1) is 10.7 Å². The van der Waals surface area contributed by atoms with E-state index in [9.17, 15) is 4.79 Å². The predicted molar refractivity (Wildman–Crippen MR) is 101 cm³/mol. The third-order valence-corrected chi connectivity index (χ3v) is 5.43. The van der Waals surface area contributed by atoms with E-state index in [1.165, 1.54) is 5.56 Å². The van der Waals surface area contributed by atoms with Gasteiger partial charge in [-0.1, -0.05) is 23.7 Å². The number of nitrogens with one attached hydrogen (secondary N) is 2. The second-order valence-corrected chi connectivity index (χ2v) is 7.35. The van der Waals surface area contributed by atoms with Crippen LogP contribution in [0.3, 0.4) is 0 Å². The molecule has 1 aliphatic rings. The van der Waals surface area contributed by atoms with Crippen molar-refractivity contribution in [2.24, 2.45) is 5.92 Å². The lowest BCUT2D eigenvalue weighted by Gasteiger charge is -2.31. The quantitative estimate of drug-likeness (QED) is 0.825. The van der Waals surface area contributed by atoms with Crippen molar-refractivity contribution >= 4 is 34.7 Å². The number of hydrogen-bond donors (Lipinski definition) is 2. The maximum absolute atomic E-state index is 12.0. The second-order valence-electron chi connectivity index (χ2n) is 6.17. The summed E-state index contributed by atoms with van der Waals surface area (Å²) >= 11 is 7.80. The summed E-state index contributed by atoms with van der Waals surface area (Å²) in [6.07, 6.45) is 2.24. The molecule has 2 heterocycles. The Morgan fingerprint density at radius 1 is 1.25 bits per heavy atom. The lowest BCUT2D eigenvalue weighted by molar-refractivity contribution is 0.176. The van der Waals surface area contributed by atoms with Crippen LogP contribution in [0.25, 0.3) is 0 Å². The van der Waals surface area contributed by atoms with E-state index in [1.807, 2.05) is 12.1 Å². The van der Waals surface area contributed by atoms with E-state index in [1.54, 1.807) is 23.5 Å². The molecule has 24 heavy (non-hydrogen) atoms. The molecule has 1 aromatic heterocycles. The first-order valence-electron chi connectivity index (χ1n) is 8.23. The number of likely N-dealkylation sites (tertiary alicyclic amines) is 1. The van der Waals surface area contributed by atoms with Gasteiger partial charge in [-0.25, -0.2) is 4.79 Å². The van der Waals surface area contributed by atoms with Crippen molar-refractivity contribution in [2.45, 2.75) is 19.4 Å². The number of urea groups is 1. The minimum absolute atomic E-state index is 0.191. The molecule has 0 unspecified atom stereocenters. The Kier molecular flexibility index (Phi) is 6.12. The molecular weight excluding hydrogens is 342 g/mol. The number of amides is 2.